The molecule has 2 aliphatic heterocycles. The van der Waals surface area contributed by atoms with E-state index in [0.29, 0.717) is 6.04 Å². The Labute approximate surface area is 138 Å². The molecule has 128 valence electrons. The maximum absolute atomic E-state index is 11.4. The normalized spacial score (nSPS) is 23.6. The highest BCUT2D eigenvalue weighted by molar-refractivity contribution is 5.73. The van der Waals surface area contributed by atoms with Crippen molar-refractivity contribution in [3.05, 3.63) is 11.6 Å². The Morgan fingerprint density at radius 2 is 1.87 bits per heavy atom. The van der Waals surface area contributed by atoms with Crippen LogP contribution in [0, 0.1) is 19.8 Å². The van der Waals surface area contributed by atoms with Crippen molar-refractivity contribution in [1.82, 2.24) is 24.6 Å². The van der Waals surface area contributed by atoms with Crippen LogP contribution in [-0.2, 0) is 11.3 Å². The van der Waals surface area contributed by atoms with Gasteiger partial charge in [0.25, 0.3) is 0 Å². The molecule has 0 radical (unpaired) electrons. The molecule has 3 heterocycles. The predicted molar refractivity (Wildman–Crippen MR) is 89.1 cm³/mol. The van der Waals surface area contributed by atoms with Crippen LogP contribution < -0.4 is 0 Å². The third-order valence-corrected chi connectivity index (χ3v) is 5.40. The summed E-state index contributed by atoms with van der Waals surface area (Å²) in [6, 6.07) is 0.584. The zero-order valence-electron chi connectivity index (χ0n) is 14.7. The Hall–Kier alpha value is -1.43. The van der Waals surface area contributed by atoms with Gasteiger partial charge in [-0.3, -0.25) is 9.69 Å². The smallest absolute Gasteiger partial charge is 0.219 e. The molecule has 0 unspecified atom stereocenters. The molecule has 2 fully saturated rings. The van der Waals surface area contributed by atoms with E-state index in [2.05, 4.69) is 19.7 Å². The lowest BCUT2D eigenvalue weighted by Crippen LogP contribution is -2.42. The fourth-order valence-corrected chi connectivity index (χ4v) is 4.04. The molecular formula is C17H29N5O. The van der Waals surface area contributed by atoms with Crippen LogP contribution in [0.3, 0.4) is 0 Å². The number of aromatic nitrogens is 3. The van der Waals surface area contributed by atoms with Crippen LogP contribution in [-0.4, -0.2) is 62.7 Å². The lowest BCUT2D eigenvalue weighted by atomic mass is 9.96. The maximum Gasteiger partial charge on any atom is 0.219 e. The summed E-state index contributed by atoms with van der Waals surface area (Å²) in [5.74, 6) is 2.83. The molecule has 0 aliphatic carbocycles. The first-order valence-corrected chi connectivity index (χ1v) is 8.90. The second kappa shape index (κ2) is 6.99. The van der Waals surface area contributed by atoms with Gasteiger partial charge in [0.1, 0.15) is 11.6 Å². The van der Waals surface area contributed by atoms with Gasteiger partial charge < -0.3 is 4.90 Å². The van der Waals surface area contributed by atoms with Crippen molar-refractivity contribution >= 4 is 5.91 Å². The minimum atomic E-state index is 0.222. The van der Waals surface area contributed by atoms with Crippen LogP contribution in [0.4, 0.5) is 0 Å². The van der Waals surface area contributed by atoms with E-state index in [4.69, 9.17) is 0 Å². The zero-order valence-corrected chi connectivity index (χ0v) is 14.7. The van der Waals surface area contributed by atoms with Gasteiger partial charge in [-0.1, -0.05) is 0 Å². The highest BCUT2D eigenvalue weighted by atomic mass is 16.2. The van der Waals surface area contributed by atoms with Crippen molar-refractivity contribution in [2.24, 2.45) is 5.92 Å². The van der Waals surface area contributed by atoms with E-state index in [0.717, 1.165) is 50.0 Å². The molecule has 6 heteroatoms. The zero-order chi connectivity index (χ0) is 16.4. The fraction of sp³-hybridized carbons (Fsp3) is 0.824. The van der Waals surface area contributed by atoms with E-state index in [1.165, 1.54) is 25.9 Å². The molecule has 1 aromatic heterocycles. The third kappa shape index (κ3) is 3.91. The average Bonchev–Trinajstić information content (AvgIpc) is 3.07. The van der Waals surface area contributed by atoms with E-state index in [9.17, 15) is 4.79 Å². The monoisotopic (exact) mass is 319 g/mol. The summed E-state index contributed by atoms with van der Waals surface area (Å²) >= 11 is 0. The van der Waals surface area contributed by atoms with Crippen molar-refractivity contribution in [3.8, 4) is 0 Å². The standard InChI is InChI=1S/C17H29N5O/c1-13-18-14(2)22(19-13)12-17-5-4-8-21(17)11-16-6-9-20(10-7-16)15(3)23/h16-17H,4-12H2,1-3H3/t17-/m1/s1. The van der Waals surface area contributed by atoms with Gasteiger partial charge in [-0.15, -0.1) is 0 Å². The Morgan fingerprint density at radius 3 is 2.48 bits per heavy atom. The van der Waals surface area contributed by atoms with Gasteiger partial charge in [-0.25, -0.2) is 9.67 Å². The molecular weight excluding hydrogens is 290 g/mol. The van der Waals surface area contributed by atoms with Gasteiger partial charge >= 0.3 is 0 Å². The van der Waals surface area contributed by atoms with Crippen molar-refractivity contribution in [2.75, 3.05) is 26.2 Å². The van der Waals surface area contributed by atoms with Crippen molar-refractivity contribution in [1.29, 1.82) is 0 Å². The summed E-state index contributed by atoms with van der Waals surface area (Å²) in [4.78, 5) is 20.5. The molecule has 6 nitrogen and oxygen atoms in total. The number of carbonyl (C=O) groups excluding carboxylic acids is 1. The minimum Gasteiger partial charge on any atom is -0.343 e. The SMILES string of the molecule is CC(=O)N1CCC(CN2CCC[C@@H]2Cn2nc(C)nc2C)CC1. The van der Waals surface area contributed by atoms with Crippen molar-refractivity contribution in [2.45, 2.75) is 59.0 Å². The first kappa shape index (κ1) is 16.4. The molecule has 0 saturated carbocycles. The Bertz CT molecular complexity index is 547. The molecule has 0 N–H and O–H groups in total. The molecule has 2 aliphatic rings. The lowest BCUT2D eigenvalue weighted by molar-refractivity contribution is -0.130. The van der Waals surface area contributed by atoms with Crippen LogP contribution in [0.2, 0.25) is 0 Å². The first-order chi connectivity index (χ1) is 11.0. The summed E-state index contributed by atoms with van der Waals surface area (Å²) in [7, 11) is 0. The van der Waals surface area contributed by atoms with Crippen LogP contribution in [0.1, 0.15) is 44.3 Å². The second-order valence-corrected chi connectivity index (χ2v) is 7.13. The van der Waals surface area contributed by atoms with E-state index >= 15 is 0 Å². The highest BCUT2D eigenvalue weighted by Gasteiger charge is 2.29. The van der Waals surface area contributed by atoms with Crippen LogP contribution in [0.25, 0.3) is 0 Å². The number of piperidine rings is 1. The molecule has 0 bridgehead atoms. The number of rotatable bonds is 4. The largest absolute Gasteiger partial charge is 0.343 e. The van der Waals surface area contributed by atoms with Gasteiger partial charge in [-0.2, -0.15) is 5.10 Å². The van der Waals surface area contributed by atoms with Crippen LogP contribution in [0.15, 0.2) is 0 Å². The lowest BCUT2D eigenvalue weighted by Gasteiger charge is -2.35. The molecule has 1 atom stereocenters. The first-order valence-electron chi connectivity index (χ1n) is 8.90. The van der Waals surface area contributed by atoms with Gasteiger partial charge in [0.15, 0.2) is 0 Å². The average molecular weight is 319 g/mol. The van der Waals surface area contributed by atoms with Gasteiger partial charge in [0, 0.05) is 32.6 Å². The van der Waals surface area contributed by atoms with Gasteiger partial charge in [0.05, 0.1) is 6.54 Å². The van der Waals surface area contributed by atoms with E-state index in [1.807, 2.05) is 18.7 Å². The molecule has 1 aromatic rings. The Balaban J connectivity index is 1.53. The maximum atomic E-state index is 11.4. The van der Waals surface area contributed by atoms with E-state index < -0.39 is 0 Å². The summed E-state index contributed by atoms with van der Waals surface area (Å²) in [5, 5.41) is 4.52. The summed E-state index contributed by atoms with van der Waals surface area (Å²) in [6.07, 6.45) is 4.82. The fourth-order valence-electron chi connectivity index (χ4n) is 4.04. The van der Waals surface area contributed by atoms with Gasteiger partial charge in [-0.05, 0) is 52.0 Å². The molecule has 0 spiro atoms. The molecule has 3 rings (SSSR count). The highest BCUT2D eigenvalue weighted by Crippen LogP contribution is 2.25. The third-order valence-electron chi connectivity index (χ3n) is 5.40. The summed E-state index contributed by atoms with van der Waals surface area (Å²) < 4.78 is 2.07. The number of likely N-dealkylation sites (tertiary alicyclic amines) is 2. The second-order valence-electron chi connectivity index (χ2n) is 7.13. The number of amides is 1. The Kier molecular flexibility index (Phi) is 4.99. The minimum absolute atomic E-state index is 0.222. The number of aryl methyl sites for hydroxylation is 2. The Morgan fingerprint density at radius 1 is 1.13 bits per heavy atom. The van der Waals surface area contributed by atoms with E-state index in [-0.39, 0.29) is 5.91 Å². The predicted octanol–water partition coefficient (Wildman–Crippen LogP) is 1.62. The topological polar surface area (TPSA) is 54.3 Å². The number of nitrogens with zero attached hydrogens (tertiary/aromatic N) is 5. The molecule has 1 amide bonds. The van der Waals surface area contributed by atoms with Crippen LogP contribution in [0.5, 0.6) is 0 Å². The molecule has 2 saturated heterocycles. The van der Waals surface area contributed by atoms with Crippen LogP contribution >= 0.6 is 0 Å². The van der Waals surface area contributed by atoms with Crippen molar-refractivity contribution in [3.63, 3.8) is 0 Å². The van der Waals surface area contributed by atoms with Crippen molar-refractivity contribution < 1.29 is 4.79 Å². The number of hydrogen-bond acceptors (Lipinski definition) is 4. The summed E-state index contributed by atoms with van der Waals surface area (Å²) in [5.41, 5.74) is 0. The van der Waals surface area contributed by atoms with E-state index in [1.54, 1.807) is 6.92 Å². The number of hydrogen-bond donors (Lipinski definition) is 0. The molecule has 0 aromatic carbocycles. The molecule has 23 heavy (non-hydrogen) atoms. The number of carbonyl (C=O) groups is 1. The quantitative estimate of drug-likeness (QED) is 0.846. The van der Waals surface area contributed by atoms with Gasteiger partial charge in [0.2, 0.25) is 5.91 Å². The summed E-state index contributed by atoms with van der Waals surface area (Å²) in [6.45, 7) is 10.9.